The van der Waals surface area contributed by atoms with Crippen LogP contribution in [0.15, 0.2) is 41.4 Å². The van der Waals surface area contributed by atoms with Crippen LogP contribution in [0, 0.1) is 11.6 Å². The van der Waals surface area contributed by atoms with Crippen molar-refractivity contribution in [1.29, 1.82) is 0 Å². The van der Waals surface area contributed by atoms with Gasteiger partial charge in [0, 0.05) is 6.20 Å². The lowest BCUT2D eigenvalue weighted by atomic mass is 10.3. The second-order valence-electron chi connectivity index (χ2n) is 3.86. The van der Waals surface area contributed by atoms with Crippen LogP contribution in [0.3, 0.4) is 0 Å². The summed E-state index contributed by atoms with van der Waals surface area (Å²) in [6.07, 6.45) is 1.14. The molecule has 1 aromatic heterocycles. The average molecular weight is 314 g/mol. The summed E-state index contributed by atoms with van der Waals surface area (Å²) in [5.74, 6) is -4.06. The maximum absolute atomic E-state index is 13.5. The summed E-state index contributed by atoms with van der Waals surface area (Å²) in [4.78, 5) is 13.2. The minimum absolute atomic E-state index is 0.396. The van der Waals surface area contributed by atoms with E-state index in [0.717, 1.165) is 30.5 Å². The smallest absolute Gasteiger partial charge is 0.356 e. The van der Waals surface area contributed by atoms with Crippen LogP contribution in [0.25, 0.3) is 0 Å². The van der Waals surface area contributed by atoms with Crippen LogP contribution in [0.5, 0.6) is 0 Å². The summed E-state index contributed by atoms with van der Waals surface area (Å²) in [6, 6.07) is 4.96. The number of anilines is 1. The van der Waals surface area contributed by atoms with Gasteiger partial charge in [0.25, 0.3) is 10.0 Å². The summed E-state index contributed by atoms with van der Waals surface area (Å²) in [7, 11) is -4.63. The minimum Gasteiger partial charge on any atom is -0.476 e. The number of sulfonamides is 1. The van der Waals surface area contributed by atoms with E-state index in [1.807, 2.05) is 4.72 Å². The van der Waals surface area contributed by atoms with Crippen molar-refractivity contribution in [3.05, 3.63) is 53.9 Å². The topological polar surface area (TPSA) is 96.4 Å². The van der Waals surface area contributed by atoms with Crippen molar-refractivity contribution in [2.45, 2.75) is 4.90 Å². The van der Waals surface area contributed by atoms with Crippen molar-refractivity contribution in [2.75, 3.05) is 4.72 Å². The molecule has 0 saturated carbocycles. The number of hydrogen-bond acceptors (Lipinski definition) is 4. The molecule has 0 radical (unpaired) electrons. The number of carboxylic acids is 1. The van der Waals surface area contributed by atoms with E-state index in [4.69, 9.17) is 5.11 Å². The van der Waals surface area contributed by atoms with Gasteiger partial charge in [-0.3, -0.25) is 4.72 Å². The normalized spacial score (nSPS) is 11.1. The first kappa shape index (κ1) is 14.9. The first-order chi connectivity index (χ1) is 9.83. The minimum atomic E-state index is -4.63. The highest BCUT2D eigenvalue weighted by molar-refractivity contribution is 7.92. The molecule has 0 fully saturated rings. The van der Waals surface area contributed by atoms with Crippen LogP contribution in [0.2, 0.25) is 0 Å². The molecule has 0 amide bonds. The Bertz CT molecular complexity index is 788. The Morgan fingerprint density at radius 1 is 1.14 bits per heavy atom. The lowest BCUT2D eigenvalue weighted by Crippen LogP contribution is -2.18. The zero-order valence-corrected chi connectivity index (χ0v) is 11.1. The maximum Gasteiger partial charge on any atom is 0.356 e. The third-order valence-electron chi connectivity index (χ3n) is 2.44. The summed E-state index contributed by atoms with van der Waals surface area (Å²) in [6.45, 7) is 0. The largest absolute Gasteiger partial charge is 0.476 e. The van der Waals surface area contributed by atoms with Gasteiger partial charge in [-0.05, 0) is 24.3 Å². The van der Waals surface area contributed by atoms with Crippen molar-refractivity contribution in [3.63, 3.8) is 0 Å². The van der Waals surface area contributed by atoms with Crippen LogP contribution in [-0.2, 0) is 10.0 Å². The second-order valence-corrected chi connectivity index (χ2v) is 5.48. The van der Waals surface area contributed by atoms with Gasteiger partial charge in [0.2, 0.25) is 0 Å². The quantitative estimate of drug-likeness (QED) is 0.898. The predicted molar refractivity (Wildman–Crippen MR) is 68.4 cm³/mol. The van der Waals surface area contributed by atoms with E-state index in [-0.39, 0.29) is 0 Å². The molecule has 0 aliphatic rings. The molecule has 2 N–H and O–H groups in total. The molecule has 6 nitrogen and oxygen atoms in total. The number of aromatic nitrogens is 1. The molecule has 0 aliphatic carbocycles. The summed E-state index contributed by atoms with van der Waals surface area (Å²) in [5.41, 5.74) is -0.981. The van der Waals surface area contributed by atoms with Gasteiger partial charge in [-0.25, -0.2) is 27.0 Å². The third kappa shape index (κ3) is 2.97. The number of aromatic carboxylic acids is 1. The monoisotopic (exact) mass is 314 g/mol. The number of benzene rings is 1. The fourth-order valence-electron chi connectivity index (χ4n) is 1.59. The second kappa shape index (κ2) is 5.44. The molecule has 110 valence electrons. The molecule has 2 aromatic rings. The number of nitrogens with one attached hydrogen (secondary N) is 1. The fourth-order valence-corrected chi connectivity index (χ4v) is 2.80. The average Bonchev–Trinajstić information content (AvgIpc) is 2.37. The molecular weight excluding hydrogens is 306 g/mol. The number of pyridine rings is 1. The van der Waals surface area contributed by atoms with Gasteiger partial charge >= 0.3 is 5.97 Å². The molecule has 0 saturated heterocycles. The van der Waals surface area contributed by atoms with Gasteiger partial charge in [0.05, 0.1) is 5.69 Å². The van der Waals surface area contributed by atoms with Crippen molar-refractivity contribution < 1.29 is 27.1 Å². The van der Waals surface area contributed by atoms with Gasteiger partial charge in [-0.15, -0.1) is 0 Å². The predicted octanol–water partition coefficient (Wildman–Crippen LogP) is 1.86. The number of halogens is 2. The molecule has 2 rings (SSSR count). The van der Waals surface area contributed by atoms with E-state index >= 15 is 0 Å². The molecule has 0 bridgehead atoms. The van der Waals surface area contributed by atoms with E-state index in [9.17, 15) is 22.0 Å². The van der Waals surface area contributed by atoms with E-state index in [2.05, 4.69) is 4.98 Å². The van der Waals surface area contributed by atoms with Crippen molar-refractivity contribution >= 4 is 21.7 Å². The molecule has 0 unspecified atom stereocenters. The third-order valence-corrected chi connectivity index (χ3v) is 3.86. The van der Waals surface area contributed by atoms with Crippen LogP contribution in [0.4, 0.5) is 14.5 Å². The Morgan fingerprint density at radius 2 is 1.76 bits per heavy atom. The Hall–Kier alpha value is -2.55. The van der Waals surface area contributed by atoms with Gasteiger partial charge in [-0.2, -0.15) is 0 Å². The van der Waals surface area contributed by atoms with Crippen molar-refractivity contribution in [2.24, 2.45) is 0 Å². The number of carbonyl (C=O) groups is 1. The highest BCUT2D eigenvalue weighted by atomic mass is 32.2. The molecule has 9 heteroatoms. The van der Waals surface area contributed by atoms with Gasteiger partial charge in [0.1, 0.15) is 11.6 Å². The maximum atomic E-state index is 13.5. The van der Waals surface area contributed by atoms with Gasteiger partial charge < -0.3 is 5.11 Å². The zero-order chi connectivity index (χ0) is 15.6. The molecule has 21 heavy (non-hydrogen) atoms. The van der Waals surface area contributed by atoms with E-state index in [1.165, 1.54) is 6.07 Å². The Labute approximate surface area is 118 Å². The van der Waals surface area contributed by atoms with E-state index < -0.39 is 43.9 Å². The Morgan fingerprint density at radius 3 is 2.33 bits per heavy atom. The molecular formula is C12H8F2N2O4S. The van der Waals surface area contributed by atoms with Crippen LogP contribution in [-0.4, -0.2) is 24.5 Å². The summed E-state index contributed by atoms with van der Waals surface area (Å²) < 4.78 is 52.9. The first-order valence-corrected chi connectivity index (χ1v) is 6.96. The number of carboxylic acid groups (broad SMARTS) is 1. The van der Waals surface area contributed by atoms with Crippen LogP contribution < -0.4 is 4.72 Å². The van der Waals surface area contributed by atoms with E-state index in [0.29, 0.717) is 0 Å². The lowest BCUT2D eigenvalue weighted by Gasteiger charge is -2.10. The zero-order valence-electron chi connectivity index (χ0n) is 10.2. The molecule has 0 atom stereocenters. The summed E-state index contributed by atoms with van der Waals surface area (Å²) in [5, 5.41) is 8.90. The van der Waals surface area contributed by atoms with Crippen molar-refractivity contribution in [1.82, 2.24) is 4.98 Å². The fraction of sp³-hybridized carbons (Fsp3) is 0. The summed E-state index contributed by atoms with van der Waals surface area (Å²) >= 11 is 0. The Balaban J connectivity index is 2.51. The SMILES string of the molecule is O=C(O)c1ncccc1NS(=O)(=O)c1c(F)cccc1F. The molecule has 1 heterocycles. The Kier molecular flexibility index (Phi) is 3.85. The van der Waals surface area contributed by atoms with Crippen molar-refractivity contribution in [3.8, 4) is 0 Å². The molecule has 1 aromatic carbocycles. The highest BCUT2D eigenvalue weighted by Crippen LogP contribution is 2.22. The van der Waals surface area contributed by atoms with Crippen LogP contribution >= 0.6 is 0 Å². The highest BCUT2D eigenvalue weighted by Gasteiger charge is 2.25. The van der Waals surface area contributed by atoms with Gasteiger partial charge in [0.15, 0.2) is 10.6 Å². The molecule has 0 spiro atoms. The van der Waals surface area contributed by atoms with Crippen LogP contribution in [0.1, 0.15) is 10.5 Å². The lowest BCUT2D eigenvalue weighted by molar-refractivity contribution is 0.0692. The molecule has 0 aliphatic heterocycles. The first-order valence-electron chi connectivity index (χ1n) is 5.48. The number of nitrogens with zero attached hydrogens (tertiary/aromatic N) is 1. The number of rotatable bonds is 4. The van der Waals surface area contributed by atoms with Gasteiger partial charge in [-0.1, -0.05) is 6.07 Å². The standard InChI is InChI=1S/C12H8F2N2O4S/c13-7-3-1-4-8(14)11(7)21(19,20)16-9-5-2-6-15-10(9)12(17)18/h1-6,16H,(H,17,18). The number of hydrogen-bond donors (Lipinski definition) is 2. The van der Waals surface area contributed by atoms with E-state index in [1.54, 1.807) is 0 Å².